The number of rotatable bonds is 3. The second kappa shape index (κ2) is 4.42. The first-order chi connectivity index (χ1) is 7.06. The number of nitrogens with two attached hydrogens (primary N) is 1. The van der Waals surface area contributed by atoms with E-state index < -0.39 is 18.1 Å². The van der Waals surface area contributed by atoms with Crippen LogP contribution in [0.1, 0.15) is 11.1 Å². The average molecular weight is 209 g/mol. The molecule has 0 aliphatic heterocycles. The van der Waals surface area contributed by atoms with Crippen molar-refractivity contribution in [3.63, 3.8) is 0 Å². The summed E-state index contributed by atoms with van der Waals surface area (Å²) in [6, 6.07) is 7.15. The molecule has 0 heterocycles. The van der Waals surface area contributed by atoms with E-state index in [4.69, 9.17) is 5.73 Å². The first-order valence-electron chi connectivity index (χ1n) is 4.60. The first kappa shape index (κ1) is 11.7. The van der Waals surface area contributed by atoms with Gasteiger partial charge in [0.15, 0.2) is 5.54 Å². The van der Waals surface area contributed by atoms with Crippen molar-refractivity contribution >= 4 is 5.97 Å². The lowest BCUT2D eigenvalue weighted by Crippen LogP contribution is -2.49. The standard InChI is InChI=1S/C11H15NO3/c1-8-5-3-4-6-9(8)11(12,7-13)10(14)15-2/h3-6,13H,7,12H2,1-2H3. The fourth-order valence-corrected chi connectivity index (χ4v) is 1.52. The van der Waals surface area contributed by atoms with Gasteiger partial charge in [-0.25, -0.2) is 4.79 Å². The summed E-state index contributed by atoms with van der Waals surface area (Å²) in [5.41, 5.74) is 5.81. The van der Waals surface area contributed by atoms with Crippen LogP contribution in [-0.2, 0) is 15.1 Å². The van der Waals surface area contributed by atoms with Crippen molar-refractivity contribution < 1.29 is 14.6 Å². The predicted molar refractivity (Wildman–Crippen MR) is 56.1 cm³/mol. The van der Waals surface area contributed by atoms with Gasteiger partial charge in [0.25, 0.3) is 0 Å². The summed E-state index contributed by atoms with van der Waals surface area (Å²) < 4.78 is 4.59. The van der Waals surface area contributed by atoms with Crippen molar-refractivity contribution in [2.75, 3.05) is 13.7 Å². The Kier molecular flexibility index (Phi) is 3.44. The maximum atomic E-state index is 11.5. The molecule has 1 unspecified atom stereocenters. The number of carbonyl (C=O) groups is 1. The third-order valence-electron chi connectivity index (χ3n) is 2.42. The van der Waals surface area contributed by atoms with Gasteiger partial charge in [0, 0.05) is 0 Å². The van der Waals surface area contributed by atoms with Gasteiger partial charge >= 0.3 is 5.97 Å². The lowest BCUT2D eigenvalue weighted by Gasteiger charge is -2.26. The van der Waals surface area contributed by atoms with Crippen LogP contribution in [0.5, 0.6) is 0 Å². The molecule has 0 amide bonds. The summed E-state index contributed by atoms with van der Waals surface area (Å²) in [6.45, 7) is 1.35. The van der Waals surface area contributed by atoms with Gasteiger partial charge in [0.2, 0.25) is 0 Å². The maximum Gasteiger partial charge on any atom is 0.332 e. The highest BCUT2D eigenvalue weighted by Crippen LogP contribution is 2.22. The monoisotopic (exact) mass is 209 g/mol. The van der Waals surface area contributed by atoms with Gasteiger partial charge in [-0.1, -0.05) is 24.3 Å². The summed E-state index contributed by atoms with van der Waals surface area (Å²) >= 11 is 0. The number of aryl methyl sites for hydroxylation is 1. The SMILES string of the molecule is COC(=O)C(N)(CO)c1ccccc1C. The summed E-state index contributed by atoms with van der Waals surface area (Å²) in [5.74, 6) is -0.640. The lowest BCUT2D eigenvalue weighted by molar-refractivity contribution is -0.149. The van der Waals surface area contributed by atoms with Gasteiger partial charge in [-0.15, -0.1) is 0 Å². The number of carbonyl (C=O) groups excluding carboxylic acids is 1. The number of methoxy groups -OCH3 is 1. The molecule has 0 fully saturated rings. The van der Waals surface area contributed by atoms with Crippen molar-refractivity contribution in [2.24, 2.45) is 5.73 Å². The van der Waals surface area contributed by atoms with E-state index in [1.54, 1.807) is 12.1 Å². The Morgan fingerprint density at radius 2 is 2.13 bits per heavy atom. The molecule has 0 saturated heterocycles. The molecule has 0 spiro atoms. The minimum Gasteiger partial charge on any atom is -0.467 e. The molecule has 4 heteroatoms. The van der Waals surface area contributed by atoms with E-state index in [2.05, 4.69) is 4.74 Å². The summed E-state index contributed by atoms with van der Waals surface area (Å²) in [6.07, 6.45) is 0. The molecule has 82 valence electrons. The molecule has 0 aliphatic rings. The molecule has 4 nitrogen and oxygen atoms in total. The van der Waals surface area contributed by atoms with Crippen molar-refractivity contribution in [3.05, 3.63) is 35.4 Å². The van der Waals surface area contributed by atoms with E-state index in [1.165, 1.54) is 7.11 Å². The molecule has 1 aromatic carbocycles. The van der Waals surface area contributed by atoms with Gasteiger partial charge in [0.1, 0.15) is 0 Å². The van der Waals surface area contributed by atoms with Crippen LogP contribution in [0.15, 0.2) is 24.3 Å². The van der Waals surface area contributed by atoms with Gasteiger partial charge in [0.05, 0.1) is 13.7 Å². The summed E-state index contributed by atoms with van der Waals surface area (Å²) in [5, 5.41) is 9.24. The molecule has 0 aromatic heterocycles. The highest BCUT2D eigenvalue weighted by Gasteiger charge is 2.37. The lowest BCUT2D eigenvalue weighted by atomic mass is 9.88. The van der Waals surface area contributed by atoms with E-state index in [9.17, 15) is 9.90 Å². The molecule has 1 atom stereocenters. The zero-order chi connectivity index (χ0) is 11.5. The van der Waals surface area contributed by atoms with Crippen LogP contribution in [0.3, 0.4) is 0 Å². The Morgan fingerprint density at radius 3 is 2.60 bits per heavy atom. The van der Waals surface area contributed by atoms with Crippen molar-refractivity contribution in [3.8, 4) is 0 Å². The Balaban J connectivity index is 3.23. The van der Waals surface area contributed by atoms with Crippen LogP contribution < -0.4 is 5.73 Å². The number of aliphatic hydroxyl groups excluding tert-OH is 1. The molecule has 1 aromatic rings. The second-order valence-corrected chi connectivity index (χ2v) is 3.44. The number of hydrogen-bond acceptors (Lipinski definition) is 4. The largest absolute Gasteiger partial charge is 0.467 e. The second-order valence-electron chi connectivity index (χ2n) is 3.44. The highest BCUT2D eigenvalue weighted by atomic mass is 16.5. The van der Waals surface area contributed by atoms with Crippen LogP contribution in [0.4, 0.5) is 0 Å². The zero-order valence-corrected chi connectivity index (χ0v) is 8.86. The van der Waals surface area contributed by atoms with E-state index in [0.29, 0.717) is 5.56 Å². The molecule has 0 saturated carbocycles. The third-order valence-corrected chi connectivity index (χ3v) is 2.42. The van der Waals surface area contributed by atoms with Crippen molar-refractivity contribution in [1.82, 2.24) is 0 Å². The molecule has 15 heavy (non-hydrogen) atoms. The third kappa shape index (κ3) is 2.00. The van der Waals surface area contributed by atoms with Crippen molar-refractivity contribution in [1.29, 1.82) is 0 Å². The Labute approximate surface area is 88.7 Å². The predicted octanol–water partition coefficient (Wildman–Crippen LogP) is 0.314. The smallest absolute Gasteiger partial charge is 0.332 e. The molecule has 1 rings (SSSR count). The minimum atomic E-state index is -1.47. The van der Waals surface area contributed by atoms with E-state index in [1.807, 2.05) is 19.1 Å². The fraction of sp³-hybridized carbons (Fsp3) is 0.364. The first-order valence-corrected chi connectivity index (χ1v) is 4.60. The average Bonchev–Trinajstić information content (AvgIpc) is 2.27. The van der Waals surface area contributed by atoms with Crippen LogP contribution in [0.25, 0.3) is 0 Å². The minimum absolute atomic E-state index is 0.482. The van der Waals surface area contributed by atoms with Crippen LogP contribution >= 0.6 is 0 Å². The zero-order valence-electron chi connectivity index (χ0n) is 8.86. The van der Waals surface area contributed by atoms with Crippen LogP contribution in [0.2, 0.25) is 0 Å². The van der Waals surface area contributed by atoms with E-state index in [0.717, 1.165) is 5.56 Å². The number of ether oxygens (including phenoxy) is 1. The molecular weight excluding hydrogens is 194 g/mol. The summed E-state index contributed by atoms with van der Waals surface area (Å²) in [7, 11) is 1.25. The molecular formula is C11H15NO3. The number of benzene rings is 1. The van der Waals surface area contributed by atoms with Crippen LogP contribution in [0, 0.1) is 6.92 Å². The Hall–Kier alpha value is -1.39. The molecule has 3 N–H and O–H groups in total. The molecule has 0 aliphatic carbocycles. The fourth-order valence-electron chi connectivity index (χ4n) is 1.52. The topological polar surface area (TPSA) is 72.5 Å². The van der Waals surface area contributed by atoms with E-state index in [-0.39, 0.29) is 0 Å². The quantitative estimate of drug-likeness (QED) is 0.703. The number of hydrogen-bond donors (Lipinski definition) is 2. The normalized spacial score (nSPS) is 14.4. The van der Waals surface area contributed by atoms with Gasteiger partial charge < -0.3 is 15.6 Å². The van der Waals surface area contributed by atoms with Gasteiger partial charge in [-0.2, -0.15) is 0 Å². The molecule has 0 radical (unpaired) electrons. The number of aliphatic hydroxyl groups is 1. The van der Waals surface area contributed by atoms with Crippen molar-refractivity contribution in [2.45, 2.75) is 12.5 Å². The Bertz CT molecular complexity index is 365. The maximum absolute atomic E-state index is 11.5. The Morgan fingerprint density at radius 1 is 1.53 bits per heavy atom. The number of esters is 1. The highest BCUT2D eigenvalue weighted by molar-refractivity contribution is 5.83. The summed E-state index contributed by atoms with van der Waals surface area (Å²) in [4.78, 5) is 11.5. The van der Waals surface area contributed by atoms with Gasteiger partial charge in [-0.3, -0.25) is 0 Å². The molecule has 0 bridgehead atoms. The van der Waals surface area contributed by atoms with E-state index >= 15 is 0 Å². The van der Waals surface area contributed by atoms with Gasteiger partial charge in [-0.05, 0) is 18.1 Å². The van der Waals surface area contributed by atoms with Crippen LogP contribution in [-0.4, -0.2) is 24.8 Å².